The molecule has 0 saturated carbocycles. The molecule has 1 aromatic rings. The number of ether oxygens (including phenoxy) is 2. The van der Waals surface area contributed by atoms with E-state index in [-0.39, 0.29) is 18.9 Å². The van der Waals surface area contributed by atoms with Crippen LogP contribution in [0.5, 0.6) is 5.75 Å². The van der Waals surface area contributed by atoms with E-state index in [1.165, 1.54) is 0 Å². The van der Waals surface area contributed by atoms with Crippen molar-refractivity contribution >= 4 is 0 Å². The highest BCUT2D eigenvalue weighted by Gasteiger charge is 2.15. The monoisotopic (exact) mass is 237 g/mol. The number of hydrogen-bond acceptors (Lipinski definition) is 4. The van der Waals surface area contributed by atoms with E-state index in [1.807, 2.05) is 24.3 Å². The van der Waals surface area contributed by atoms with Gasteiger partial charge >= 0.3 is 0 Å². The molecule has 1 heterocycles. The minimum Gasteiger partial charge on any atom is -0.465 e. The zero-order chi connectivity index (χ0) is 12.1. The molecule has 1 unspecified atom stereocenters. The van der Waals surface area contributed by atoms with Gasteiger partial charge in [0.15, 0.2) is 6.29 Å². The lowest BCUT2D eigenvalue weighted by Gasteiger charge is -2.23. The summed E-state index contributed by atoms with van der Waals surface area (Å²) in [6.07, 6.45) is 3.08. The molecule has 2 atom stereocenters. The first kappa shape index (κ1) is 12.4. The quantitative estimate of drug-likeness (QED) is 0.834. The molecule has 1 aliphatic heterocycles. The van der Waals surface area contributed by atoms with Crippen LogP contribution in [0.3, 0.4) is 0 Å². The van der Waals surface area contributed by atoms with E-state index < -0.39 is 0 Å². The van der Waals surface area contributed by atoms with Crippen LogP contribution in [-0.2, 0) is 4.74 Å². The Bertz CT molecular complexity index is 333. The summed E-state index contributed by atoms with van der Waals surface area (Å²) in [5.74, 6) is 0.783. The summed E-state index contributed by atoms with van der Waals surface area (Å²) >= 11 is 0. The van der Waals surface area contributed by atoms with Crippen molar-refractivity contribution in [3.8, 4) is 5.75 Å². The van der Waals surface area contributed by atoms with Gasteiger partial charge in [-0.05, 0) is 30.5 Å². The maximum Gasteiger partial charge on any atom is 0.199 e. The Morgan fingerprint density at radius 2 is 2.12 bits per heavy atom. The van der Waals surface area contributed by atoms with Gasteiger partial charge in [0.2, 0.25) is 0 Å². The standard InChI is InChI=1S/C13H19NO3/c14-12(9-15)10-4-6-11(7-5-10)17-13-3-1-2-8-16-13/h4-7,12-13,15H,1-3,8-9,14H2/t12-,13?/m0/s1. The number of aliphatic hydroxyl groups excluding tert-OH is 1. The molecule has 4 heteroatoms. The predicted molar refractivity (Wildman–Crippen MR) is 64.7 cm³/mol. The lowest BCUT2D eigenvalue weighted by Crippen LogP contribution is -2.25. The molecule has 1 aliphatic rings. The molecule has 4 nitrogen and oxygen atoms in total. The van der Waals surface area contributed by atoms with Crippen LogP contribution >= 0.6 is 0 Å². The number of hydrogen-bond donors (Lipinski definition) is 2. The van der Waals surface area contributed by atoms with Gasteiger partial charge in [-0.15, -0.1) is 0 Å². The average molecular weight is 237 g/mol. The van der Waals surface area contributed by atoms with Gasteiger partial charge in [0, 0.05) is 6.42 Å². The Hall–Kier alpha value is -1.10. The summed E-state index contributed by atoms with van der Waals surface area (Å²) in [4.78, 5) is 0. The van der Waals surface area contributed by atoms with Gasteiger partial charge in [0.1, 0.15) is 5.75 Å². The second-order valence-corrected chi connectivity index (χ2v) is 4.27. The van der Waals surface area contributed by atoms with Crippen molar-refractivity contribution in [3.05, 3.63) is 29.8 Å². The third-order valence-corrected chi connectivity index (χ3v) is 2.91. The second kappa shape index (κ2) is 6.00. The van der Waals surface area contributed by atoms with Crippen molar-refractivity contribution in [3.63, 3.8) is 0 Å². The molecule has 1 fully saturated rings. The van der Waals surface area contributed by atoms with Crippen LogP contribution in [-0.4, -0.2) is 24.6 Å². The van der Waals surface area contributed by atoms with Crippen molar-refractivity contribution in [2.75, 3.05) is 13.2 Å². The summed E-state index contributed by atoms with van der Waals surface area (Å²) in [7, 11) is 0. The summed E-state index contributed by atoms with van der Waals surface area (Å²) in [5.41, 5.74) is 6.62. The van der Waals surface area contributed by atoms with E-state index in [1.54, 1.807) is 0 Å². The molecule has 1 aromatic carbocycles. The fourth-order valence-electron chi connectivity index (χ4n) is 1.85. The lowest BCUT2D eigenvalue weighted by atomic mass is 10.1. The van der Waals surface area contributed by atoms with Crippen molar-refractivity contribution in [2.45, 2.75) is 31.6 Å². The Kier molecular flexibility index (Phi) is 4.36. The van der Waals surface area contributed by atoms with Crippen LogP contribution in [0.15, 0.2) is 24.3 Å². The van der Waals surface area contributed by atoms with E-state index >= 15 is 0 Å². The van der Waals surface area contributed by atoms with Crippen LogP contribution in [0.4, 0.5) is 0 Å². The normalized spacial score (nSPS) is 22.1. The maximum atomic E-state index is 8.94. The van der Waals surface area contributed by atoms with Crippen LogP contribution in [0.1, 0.15) is 30.9 Å². The highest BCUT2D eigenvalue weighted by atomic mass is 16.7. The molecule has 94 valence electrons. The van der Waals surface area contributed by atoms with Gasteiger partial charge in [-0.25, -0.2) is 0 Å². The van der Waals surface area contributed by atoms with Crippen LogP contribution in [0, 0.1) is 0 Å². The van der Waals surface area contributed by atoms with Gasteiger partial charge < -0.3 is 20.3 Å². The fourth-order valence-corrected chi connectivity index (χ4v) is 1.85. The molecular weight excluding hydrogens is 218 g/mol. The van der Waals surface area contributed by atoms with Crippen LogP contribution in [0.2, 0.25) is 0 Å². The van der Waals surface area contributed by atoms with Crippen LogP contribution in [0.25, 0.3) is 0 Å². The molecular formula is C13H19NO3. The molecule has 0 amide bonds. The first-order valence-electron chi connectivity index (χ1n) is 6.04. The third-order valence-electron chi connectivity index (χ3n) is 2.91. The Labute approximate surface area is 101 Å². The zero-order valence-corrected chi connectivity index (χ0v) is 9.84. The summed E-state index contributed by atoms with van der Waals surface area (Å²) in [5, 5.41) is 8.94. The van der Waals surface area contributed by atoms with Crippen molar-refractivity contribution < 1.29 is 14.6 Å². The molecule has 17 heavy (non-hydrogen) atoms. The maximum absolute atomic E-state index is 8.94. The van der Waals surface area contributed by atoms with Gasteiger partial charge in [0.25, 0.3) is 0 Å². The summed E-state index contributed by atoms with van der Waals surface area (Å²) in [6, 6.07) is 7.15. The third kappa shape index (κ3) is 3.43. The van der Waals surface area contributed by atoms with Crippen LogP contribution < -0.4 is 10.5 Å². The largest absolute Gasteiger partial charge is 0.465 e. The Balaban J connectivity index is 1.93. The van der Waals surface area contributed by atoms with Gasteiger partial charge in [-0.3, -0.25) is 0 Å². The second-order valence-electron chi connectivity index (χ2n) is 4.27. The smallest absolute Gasteiger partial charge is 0.199 e. The van der Waals surface area contributed by atoms with E-state index in [4.69, 9.17) is 20.3 Å². The first-order chi connectivity index (χ1) is 8.29. The minimum absolute atomic E-state index is 0.0497. The van der Waals surface area contributed by atoms with E-state index in [0.29, 0.717) is 0 Å². The first-order valence-corrected chi connectivity index (χ1v) is 6.04. The van der Waals surface area contributed by atoms with Crippen molar-refractivity contribution in [2.24, 2.45) is 5.73 Å². The van der Waals surface area contributed by atoms with Crippen molar-refractivity contribution in [1.29, 1.82) is 0 Å². The SMILES string of the molecule is N[C@@H](CO)c1ccc(OC2CCCCO2)cc1. The predicted octanol–water partition coefficient (Wildman–Crippen LogP) is 1.58. The molecule has 0 aliphatic carbocycles. The molecule has 0 radical (unpaired) electrons. The van der Waals surface area contributed by atoms with Gasteiger partial charge in [-0.2, -0.15) is 0 Å². The van der Waals surface area contributed by atoms with Gasteiger partial charge in [0.05, 0.1) is 19.3 Å². The number of nitrogens with two attached hydrogens (primary N) is 1. The van der Waals surface area contributed by atoms with E-state index in [9.17, 15) is 0 Å². The minimum atomic E-state index is -0.324. The number of rotatable bonds is 4. The zero-order valence-electron chi connectivity index (χ0n) is 9.84. The molecule has 0 bridgehead atoms. The highest BCUT2D eigenvalue weighted by Crippen LogP contribution is 2.21. The number of benzene rings is 1. The highest BCUT2D eigenvalue weighted by molar-refractivity contribution is 5.29. The molecule has 0 spiro atoms. The summed E-state index contributed by atoms with van der Waals surface area (Å²) in [6.45, 7) is 0.726. The average Bonchev–Trinajstić information content (AvgIpc) is 2.40. The van der Waals surface area contributed by atoms with E-state index in [2.05, 4.69) is 0 Å². The lowest BCUT2D eigenvalue weighted by molar-refractivity contribution is -0.105. The summed E-state index contributed by atoms with van der Waals surface area (Å²) < 4.78 is 11.2. The van der Waals surface area contributed by atoms with Gasteiger partial charge in [-0.1, -0.05) is 12.1 Å². The fraction of sp³-hybridized carbons (Fsp3) is 0.538. The number of aliphatic hydroxyl groups is 1. The van der Waals surface area contributed by atoms with Crippen molar-refractivity contribution in [1.82, 2.24) is 0 Å². The molecule has 3 N–H and O–H groups in total. The van der Waals surface area contributed by atoms with E-state index in [0.717, 1.165) is 37.2 Å². The molecule has 0 aromatic heterocycles. The Morgan fingerprint density at radius 1 is 1.35 bits per heavy atom. The molecule has 1 saturated heterocycles. The molecule has 2 rings (SSSR count). The Morgan fingerprint density at radius 3 is 2.71 bits per heavy atom. The topological polar surface area (TPSA) is 64.7 Å².